The molecule has 16 heteroatoms. The number of nitrogens with two attached hydrogens (primary N) is 3. The Balaban J connectivity index is 1.93. The van der Waals surface area contributed by atoms with Crippen LogP contribution >= 0.6 is 7.60 Å². The number of nitrogen functional groups attached to an aromatic ring is 1. The molecule has 0 spiro atoms. The van der Waals surface area contributed by atoms with E-state index in [9.17, 15) is 14.2 Å². The highest BCUT2D eigenvalue weighted by molar-refractivity contribution is 7.53. The highest BCUT2D eigenvalue weighted by Gasteiger charge is 2.29. The molecule has 0 aliphatic carbocycles. The first-order valence-corrected chi connectivity index (χ1v) is 12.9. The first kappa shape index (κ1) is 29.5. The SMILES string of the molecule is CC(C)[C@H](N)C(=O)OCOP(=O)(COCCn1cnc2c(N)ncnc21)OCOC(=O)[C@@H](N)C(C)C. The zero-order valence-electron chi connectivity index (χ0n) is 20.7. The van der Waals surface area contributed by atoms with Gasteiger partial charge in [0, 0.05) is 6.54 Å². The van der Waals surface area contributed by atoms with Crippen LogP contribution in [-0.4, -0.2) is 70.1 Å². The molecule has 202 valence electrons. The molecule has 0 saturated heterocycles. The second-order valence-corrected chi connectivity index (χ2v) is 10.5. The zero-order chi connectivity index (χ0) is 26.9. The summed E-state index contributed by atoms with van der Waals surface area (Å²) < 4.78 is 40.5. The quantitative estimate of drug-likeness (QED) is 0.124. The van der Waals surface area contributed by atoms with E-state index in [4.69, 9.17) is 40.5 Å². The van der Waals surface area contributed by atoms with Gasteiger partial charge in [-0.1, -0.05) is 27.7 Å². The number of hydrogen-bond acceptors (Lipinski definition) is 14. The number of carbonyl (C=O) groups is 2. The molecular formula is C20H34N7O8P. The fraction of sp³-hybridized carbons (Fsp3) is 0.650. The lowest BCUT2D eigenvalue weighted by Gasteiger charge is -2.20. The molecule has 2 rings (SSSR count). The third-order valence-corrected chi connectivity index (χ3v) is 6.53. The van der Waals surface area contributed by atoms with Crippen molar-refractivity contribution in [2.24, 2.45) is 23.3 Å². The van der Waals surface area contributed by atoms with Crippen LogP contribution in [0.3, 0.4) is 0 Å². The van der Waals surface area contributed by atoms with E-state index in [0.717, 1.165) is 0 Å². The largest absolute Gasteiger partial charge is 0.437 e. The molecule has 0 unspecified atom stereocenters. The molecule has 0 aliphatic rings. The van der Waals surface area contributed by atoms with Crippen molar-refractivity contribution in [3.63, 3.8) is 0 Å². The average Bonchev–Trinajstić information content (AvgIpc) is 3.25. The predicted octanol–water partition coefficient (Wildman–Crippen LogP) is 0.577. The monoisotopic (exact) mass is 531 g/mol. The highest BCUT2D eigenvalue weighted by Crippen LogP contribution is 2.48. The van der Waals surface area contributed by atoms with Crippen molar-refractivity contribution >= 4 is 36.5 Å². The van der Waals surface area contributed by atoms with Crippen molar-refractivity contribution in [3.05, 3.63) is 12.7 Å². The van der Waals surface area contributed by atoms with Crippen molar-refractivity contribution in [1.29, 1.82) is 0 Å². The Bertz CT molecular complexity index is 1030. The Morgan fingerprint density at radius 3 is 2.06 bits per heavy atom. The van der Waals surface area contributed by atoms with Crippen LogP contribution in [0.25, 0.3) is 11.2 Å². The Kier molecular flexibility index (Phi) is 11.1. The Morgan fingerprint density at radius 1 is 0.972 bits per heavy atom. The van der Waals surface area contributed by atoms with E-state index in [2.05, 4.69) is 15.0 Å². The second-order valence-electron chi connectivity index (χ2n) is 8.48. The number of anilines is 1. The third kappa shape index (κ3) is 8.47. The Labute approximate surface area is 208 Å². The summed E-state index contributed by atoms with van der Waals surface area (Å²) in [5, 5.41) is 0. The van der Waals surface area contributed by atoms with Gasteiger partial charge in [-0.25, -0.2) is 15.0 Å². The van der Waals surface area contributed by atoms with E-state index in [-0.39, 0.29) is 30.8 Å². The first-order chi connectivity index (χ1) is 16.9. The molecule has 0 aromatic carbocycles. The molecule has 2 aromatic rings. The van der Waals surface area contributed by atoms with Crippen LogP contribution in [0.4, 0.5) is 5.82 Å². The van der Waals surface area contributed by atoms with E-state index in [1.54, 1.807) is 32.3 Å². The van der Waals surface area contributed by atoms with Crippen molar-refractivity contribution in [1.82, 2.24) is 19.5 Å². The molecule has 0 amide bonds. The lowest BCUT2D eigenvalue weighted by atomic mass is 10.1. The molecule has 2 aromatic heterocycles. The number of hydrogen-bond donors (Lipinski definition) is 3. The standard InChI is InChI=1S/C20H34N7O8P/c1-12(2)14(21)19(28)32-9-34-36(30,35-10-33-20(29)15(22)13(3)4)11-31-6-5-27-8-26-16-17(23)24-7-25-18(16)27/h7-8,12-15H,5-6,9-11,21-22H2,1-4H3,(H2,23,24,25)/t14-,15-/m0/s1. The molecule has 36 heavy (non-hydrogen) atoms. The van der Waals surface area contributed by atoms with Crippen molar-refractivity contribution < 1.29 is 37.4 Å². The van der Waals surface area contributed by atoms with E-state index in [1.807, 2.05) is 0 Å². The van der Waals surface area contributed by atoms with Gasteiger partial charge in [-0.2, -0.15) is 0 Å². The topological polar surface area (TPSA) is 219 Å². The van der Waals surface area contributed by atoms with Gasteiger partial charge in [0.15, 0.2) is 11.5 Å². The van der Waals surface area contributed by atoms with Crippen LogP contribution in [-0.2, 0) is 44.0 Å². The molecule has 0 bridgehead atoms. The average molecular weight is 532 g/mol. The number of rotatable bonds is 15. The van der Waals surface area contributed by atoms with Gasteiger partial charge in [-0.05, 0) is 11.8 Å². The predicted molar refractivity (Wildman–Crippen MR) is 128 cm³/mol. The number of aromatic nitrogens is 4. The molecule has 15 nitrogen and oxygen atoms in total. The normalized spacial score (nSPS) is 13.8. The van der Waals surface area contributed by atoms with Crippen LogP contribution in [0, 0.1) is 11.8 Å². The molecule has 0 radical (unpaired) electrons. The third-order valence-electron chi connectivity index (χ3n) is 5.04. The smallest absolute Gasteiger partial charge is 0.361 e. The molecule has 2 heterocycles. The maximum absolute atomic E-state index is 13.1. The molecule has 0 aliphatic heterocycles. The summed E-state index contributed by atoms with van der Waals surface area (Å²) >= 11 is 0. The van der Waals surface area contributed by atoms with Gasteiger partial charge < -0.3 is 36.0 Å². The van der Waals surface area contributed by atoms with Gasteiger partial charge >= 0.3 is 19.5 Å². The number of fused-ring (bicyclic) bond motifs is 1. The number of imidazole rings is 1. The first-order valence-electron chi connectivity index (χ1n) is 11.2. The van der Waals surface area contributed by atoms with Crippen LogP contribution in [0.2, 0.25) is 0 Å². The van der Waals surface area contributed by atoms with Crippen molar-refractivity contribution in [2.75, 3.05) is 32.3 Å². The minimum absolute atomic E-state index is 0.0576. The molecule has 2 atom stereocenters. The summed E-state index contributed by atoms with van der Waals surface area (Å²) in [5.74, 6) is -1.58. The minimum atomic E-state index is -4.03. The fourth-order valence-electron chi connectivity index (χ4n) is 2.58. The van der Waals surface area contributed by atoms with Gasteiger partial charge in [-0.3, -0.25) is 23.2 Å². The van der Waals surface area contributed by atoms with Gasteiger partial charge in [-0.15, -0.1) is 0 Å². The summed E-state index contributed by atoms with van der Waals surface area (Å²) in [6, 6.07) is -1.77. The zero-order valence-corrected chi connectivity index (χ0v) is 21.6. The van der Waals surface area contributed by atoms with Crippen LogP contribution in [0.15, 0.2) is 12.7 Å². The van der Waals surface area contributed by atoms with Crippen LogP contribution < -0.4 is 17.2 Å². The number of nitrogens with zero attached hydrogens (tertiary/aromatic N) is 4. The van der Waals surface area contributed by atoms with E-state index in [0.29, 0.717) is 11.2 Å². The van der Waals surface area contributed by atoms with Crippen LogP contribution in [0.5, 0.6) is 0 Å². The highest BCUT2D eigenvalue weighted by atomic mass is 31.2. The van der Waals surface area contributed by atoms with Gasteiger partial charge in [0.2, 0.25) is 13.6 Å². The summed E-state index contributed by atoms with van der Waals surface area (Å²) in [4.78, 5) is 36.0. The summed E-state index contributed by atoms with van der Waals surface area (Å²) in [6.45, 7) is 5.90. The van der Waals surface area contributed by atoms with Gasteiger partial charge in [0.25, 0.3) is 0 Å². The second kappa shape index (κ2) is 13.6. The van der Waals surface area contributed by atoms with Gasteiger partial charge in [0.1, 0.15) is 30.3 Å². The lowest BCUT2D eigenvalue weighted by Crippen LogP contribution is -2.37. The maximum atomic E-state index is 13.1. The Hall–Kier alpha value is -2.68. The summed E-state index contributed by atoms with van der Waals surface area (Å²) in [7, 11) is -4.03. The minimum Gasteiger partial charge on any atom is -0.437 e. The van der Waals surface area contributed by atoms with Gasteiger partial charge in [0.05, 0.1) is 12.9 Å². The van der Waals surface area contributed by atoms with E-state index in [1.165, 1.54) is 12.7 Å². The summed E-state index contributed by atoms with van der Waals surface area (Å²) in [5.41, 5.74) is 18.2. The Morgan fingerprint density at radius 2 is 1.53 bits per heavy atom. The number of carbonyl (C=O) groups excluding carboxylic acids is 2. The molecule has 0 saturated carbocycles. The maximum Gasteiger partial charge on any atom is 0.361 e. The van der Waals surface area contributed by atoms with E-state index >= 15 is 0 Å². The molecular weight excluding hydrogens is 497 g/mol. The lowest BCUT2D eigenvalue weighted by molar-refractivity contribution is -0.155. The summed E-state index contributed by atoms with van der Waals surface area (Å²) in [6.07, 6.45) is 2.30. The van der Waals surface area contributed by atoms with Crippen molar-refractivity contribution in [3.8, 4) is 0 Å². The van der Waals surface area contributed by atoms with Crippen LogP contribution in [0.1, 0.15) is 27.7 Å². The number of esters is 2. The van der Waals surface area contributed by atoms with E-state index < -0.39 is 51.6 Å². The number of ether oxygens (including phenoxy) is 3. The molecule has 0 fully saturated rings. The molecule has 6 N–H and O–H groups in total. The van der Waals surface area contributed by atoms with Crippen molar-refractivity contribution in [2.45, 2.75) is 46.3 Å². The fourth-order valence-corrected chi connectivity index (χ4v) is 3.58.